The maximum absolute atomic E-state index is 12.0. The summed E-state index contributed by atoms with van der Waals surface area (Å²) in [4.78, 5) is 10.8. The minimum atomic E-state index is -1.48. The lowest BCUT2D eigenvalue weighted by Crippen LogP contribution is -2.10. The van der Waals surface area contributed by atoms with Gasteiger partial charge in [0.25, 0.3) is 0 Å². The van der Waals surface area contributed by atoms with Gasteiger partial charge in [0.15, 0.2) is 0 Å². The Kier molecular flexibility index (Phi) is 4.86. The van der Waals surface area contributed by atoms with E-state index in [4.69, 9.17) is 5.11 Å². The molecule has 1 unspecified atom stereocenters. The van der Waals surface area contributed by atoms with Gasteiger partial charge in [0.05, 0.1) is 17.1 Å². The zero-order valence-corrected chi connectivity index (χ0v) is 13.6. The Labute approximate surface area is 142 Å². The first-order valence-electron chi connectivity index (χ1n) is 7.39. The number of carboxylic acids is 1. The second-order valence-corrected chi connectivity index (χ2v) is 6.73. The summed E-state index contributed by atoms with van der Waals surface area (Å²) in [5.41, 5.74) is 3.29. The van der Waals surface area contributed by atoms with Crippen LogP contribution in [0.2, 0.25) is 0 Å². The van der Waals surface area contributed by atoms with Crippen molar-refractivity contribution < 1.29 is 14.1 Å². The Morgan fingerprint density at radius 3 is 2.29 bits per heavy atom. The van der Waals surface area contributed by atoms with E-state index in [9.17, 15) is 9.00 Å². The summed E-state index contributed by atoms with van der Waals surface area (Å²) >= 11 is 0. The molecule has 6 heteroatoms. The first kappa shape index (κ1) is 16.1. The van der Waals surface area contributed by atoms with E-state index in [-0.39, 0.29) is 11.5 Å². The lowest BCUT2D eigenvalue weighted by molar-refractivity contribution is -0.133. The van der Waals surface area contributed by atoms with Crippen LogP contribution in [0.4, 0.5) is 0 Å². The molecule has 0 bridgehead atoms. The highest BCUT2D eigenvalue weighted by atomic mass is 32.2. The molecule has 1 aromatic heterocycles. The number of hydrogen-bond donors (Lipinski definition) is 1. The second kappa shape index (κ2) is 7.23. The van der Waals surface area contributed by atoms with E-state index < -0.39 is 16.8 Å². The fraction of sp³-hybridized carbons (Fsp3) is 0.111. The van der Waals surface area contributed by atoms with Crippen molar-refractivity contribution in [1.29, 1.82) is 0 Å². The van der Waals surface area contributed by atoms with Crippen LogP contribution in [0.3, 0.4) is 0 Å². The van der Waals surface area contributed by atoms with Crippen LogP contribution in [0, 0.1) is 0 Å². The van der Waals surface area contributed by atoms with Crippen molar-refractivity contribution in [3.8, 4) is 16.9 Å². The molecule has 0 amide bonds. The zero-order valence-electron chi connectivity index (χ0n) is 12.8. The molecule has 0 aliphatic rings. The van der Waals surface area contributed by atoms with Gasteiger partial charge in [-0.05, 0) is 12.1 Å². The summed E-state index contributed by atoms with van der Waals surface area (Å²) in [6.45, 7) is 0. The van der Waals surface area contributed by atoms with Crippen molar-refractivity contribution in [1.82, 2.24) is 9.78 Å². The quantitative estimate of drug-likeness (QED) is 0.749. The Hall–Kier alpha value is -2.73. The van der Waals surface area contributed by atoms with Crippen LogP contribution in [0.5, 0.6) is 0 Å². The van der Waals surface area contributed by atoms with Gasteiger partial charge in [-0.2, -0.15) is 5.10 Å². The van der Waals surface area contributed by atoms with Gasteiger partial charge < -0.3 is 5.11 Å². The molecule has 5 nitrogen and oxygen atoms in total. The van der Waals surface area contributed by atoms with Crippen molar-refractivity contribution in [2.45, 2.75) is 5.75 Å². The first-order valence-corrected chi connectivity index (χ1v) is 8.88. The molecule has 0 radical (unpaired) electrons. The normalized spacial score (nSPS) is 12.0. The Morgan fingerprint density at radius 1 is 1.04 bits per heavy atom. The van der Waals surface area contributed by atoms with Crippen molar-refractivity contribution in [2.75, 3.05) is 5.75 Å². The molecule has 3 aromatic rings. The Morgan fingerprint density at radius 2 is 1.67 bits per heavy atom. The summed E-state index contributed by atoms with van der Waals surface area (Å²) in [6, 6.07) is 19.2. The van der Waals surface area contributed by atoms with Gasteiger partial charge in [-0.1, -0.05) is 48.5 Å². The van der Waals surface area contributed by atoms with Crippen LogP contribution >= 0.6 is 0 Å². The lowest BCUT2D eigenvalue weighted by Gasteiger charge is -2.01. The highest BCUT2D eigenvalue weighted by Gasteiger charge is 2.16. The third-order valence-electron chi connectivity index (χ3n) is 3.46. The number of aliphatic carboxylic acids is 1. The van der Waals surface area contributed by atoms with Gasteiger partial charge in [0.1, 0.15) is 5.75 Å². The molecule has 0 fully saturated rings. The number of benzene rings is 2. The average molecular weight is 340 g/mol. The largest absolute Gasteiger partial charge is 0.481 e. The van der Waals surface area contributed by atoms with Gasteiger partial charge in [-0.15, -0.1) is 0 Å². The topological polar surface area (TPSA) is 72.2 Å². The number of nitrogens with zero attached hydrogens (tertiary/aromatic N) is 2. The van der Waals surface area contributed by atoms with E-state index in [0.717, 1.165) is 22.5 Å². The van der Waals surface area contributed by atoms with Gasteiger partial charge in [-0.25, -0.2) is 4.68 Å². The fourth-order valence-corrected chi connectivity index (χ4v) is 3.37. The molecule has 0 saturated carbocycles. The molecule has 2 aromatic carbocycles. The summed E-state index contributed by atoms with van der Waals surface area (Å²) in [5.74, 6) is -1.28. The summed E-state index contributed by atoms with van der Waals surface area (Å²) in [7, 11) is -1.48. The fourth-order valence-electron chi connectivity index (χ4n) is 2.43. The van der Waals surface area contributed by atoms with Crippen molar-refractivity contribution >= 4 is 16.8 Å². The SMILES string of the molecule is O=C(O)CS(=O)Cc1cn(-c2ccccc2)nc1-c1ccccc1. The predicted octanol–water partition coefficient (Wildman–Crippen LogP) is 2.87. The molecule has 0 spiro atoms. The third-order valence-corrected chi connectivity index (χ3v) is 4.66. The molecular weight excluding hydrogens is 324 g/mol. The van der Waals surface area contributed by atoms with E-state index in [1.165, 1.54) is 0 Å². The standard InChI is InChI=1S/C18H16N2O3S/c21-17(22)13-24(23)12-15-11-20(16-9-5-2-6-10-16)19-18(15)14-7-3-1-4-8-14/h1-11H,12-13H2,(H,21,22). The molecule has 0 aliphatic carbocycles. The van der Waals surface area contributed by atoms with Gasteiger partial charge in [0.2, 0.25) is 0 Å². The molecule has 1 atom stereocenters. The Balaban J connectivity index is 2.00. The van der Waals surface area contributed by atoms with Crippen molar-refractivity contribution in [2.24, 2.45) is 0 Å². The maximum Gasteiger partial charge on any atom is 0.316 e. The van der Waals surface area contributed by atoms with E-state index in [0.29, 0.717) is 0 Å². The van der Waals surface area contributed by atoms with Crippen LogP contribution in [0.15, 0.2) is 66.9 Å². The second-order valence-electron chi connectivity index (χ2n) is 5.27. The highest BCUT2D eigenvalue weighted by molar-refractivity contribution is 7.84. The minimum Gasteiger partial charge on any atom is -0.481 e. The molecule has 1 N–H and O–H groups in total. The number of hydrogen-bond acceptors (Lipinski definition) is 3. The molecule has 0 saturated heterocycles. The molecule has 122 valence electrons. The monoisotopic (exact) mass is 340 g/mol. The van der Waals surface area contributed by atoms with E-state index in [2.05, 4.69) is 5.10 Å². The molecular formula is C18H16N2O3S. The molecule has 0 aliphatic heterocycles. The van der Waals surface area contributed by atoms with Crippen LogP contribution in [0.1, 0.15) is 5.56 Å². The number of carboxylic acid groups (broad SMARTS) is 1. The number of rotatable bonds is 6. The van der Waals surface area contributed by atoms with E-state index in [1.807, 2.05) is 66.9 Å². The van der Waals surface area contributed by atoms with Crippen LogP contribution < -0.4 is 0 Å². The van der Waals surface area contributed by atoms with Gasteiger partial charge >= 0.3 is 5.97 Å². The van der Waals surface area contributed by atoms with Crippen LogP contribution in [0.25, 0.3) is 16.9 Å². The number of para-hydroxylation sites is 1. The van der Waals surface area contributed by atoms with Crippen LogP contribution in [-0.4, -0.2) is 30.8 Å². The average Bonchev–Trinajstić information content (AvgIpc) is 2.99. The highest BCUT2D eigenvalue weighted by Crippen LogP contribution is 2.24. The molecule has 3 rings (SSSR count). The van der Waals surface area contributed by atoms with E-state index in [1.54, 1.807) is 4.68 Å². The van der Waals surface area contributed by atoms with Gasteiger partial charge in [-0.3, -0.25) is 9.00 Å². The molecule has 1 heterocycles. The predicted molar refractivity (Wildman–Crippen MR) is 93.3 cm³/mol. The summed E-state index contributed by atoms with van der Waals surface area (Å²) in [5, 5.41) is 13.4. The number of carbonyl (C=O) groups is 1. The molecule has 24 heavy (non-hydrogen) atoms. The van der Waals surface area contributed by atoms with Crippen molar-refractivity contribution in [3.63, 3.8) is 0 Å². The van der Waals surface area contributed by atoms with Crippen molar-refractivity contribution in [3.05, 3.63) is 72.4 Å². The van der Waals surface area contributed by atoms with Crippen LogP contribution in [-0.2, 0) is 21.3 Å². The summed E-state index contributed by atoms with van der Waals surface area (Å²) in [6.07, 6.45) is 1.82. The zero-order chi connectivity index (χ0) is 16.9. The van der Waals surface area contributed by atoms with Gasteiger partial charge in [0, 0.05) is 28.1 Å². The third kappa shape index (κ3) is 3.78. The number of aromatic nitrogens is 2. The minimum absolute atomic E-state index is 0.156. The smallest absolute Gasteiger partial charge is 0.316 e. The lowest BCUT2D eigenvalue weighted by atomic mass is 10.1. The summed E-state index contributed by atoms with van der Waals surface area (Å²) < 4.78 is 13.8. The maximum atomic E-state index is 12.0. The first-order chi connectivity index (χ1) is 11.6. The van der Waals surface area contributed by atoms with E-state index >= 15 is 0 Å². The Bertz CT molecular complexity index is 860.